The molecule has 168 valence electrons. The number of hydrogen-bond donors (Lipinski definition) is 2. The molecule has 1 fully saturated rings. The van der Waals surface area contributed by atoms with Gasteiger partial charge in [0.1, 0.15) is 6.04 Å². The zero-order valence-electron chi connectivity index (χ0n) is 18.1. The molecule has 1 atom stereocenters. The Balaban J connectivity index is 1.55. The number of alkyl carbamates (subject to hydrolysis) is 1. The number of benzene rings is 2. The summed E-state index contributed by atoms with van der Waals surface area (Å²) in [7, 11) is 0. The number of nitrogens with one attached hydrogen (secondary N) is 2. The van der Waals surface area contributed by atoms with Crippen molar-refractivity contribution in [1.82, 2.24) is 10.6 Å². The van der Waals surface area contributed by atoms with Gasteiger partial charge in [-0.15, -0.1) is 0 Å². The van der Waals surface area contributed by atoms with E-state index >= 15 is 0 Å². The molecule has 0 spiro atoms. The highest BCUT2D eigenvalue weighted by Gasteiger charge is 2.44. The standard InChI is InChI=1S/C25H29N3O4/c26-16-22(19-31-18-21-12-6-2-7-13-21)28-23(29)25(14-8-3-9-15-25)32-24(30)27-17-20-10-4-1-5-11-20/h1-2,4-7,10-13,22H,3,8-9,14-15,17-19H2,(H,27,30)(H,28,29). The van der Waals surface area contributed by atoms with Crippen LogP contribution in [0.4, 0.5) is 4.79 Å². The van der Waals surface area contributed by atoms with Gasteiger partial charge in [0.2, 0.25) is 0 Å². The van der Waals surface area contributed by atoms with E-state index in [9.17, 15) is 14.9 Å². The molecule has 3 rings (SSSR count). The fourth-order valence-corrected chi connectivity index (χ4v) is 3.75. The number of amides is 2. The quantitative estimate of drug-likeness (QED) is 0.623. The van der Waals surface area contributed by atoms with Crippen LogP contribution in [0.2, 0.25) is 0 Å². The summed E-state index contributed by atoms with van der Waals surface area (Å²) >= 11 is 0. The van der Waals surface area contributed by atoms with Gasteiger partial charge in [-0.3, -0.25) is 4.79 Å². The van der Waals surface area contributed by atoms with Gasteiger partial charge in [0.05, 0.1) is 19.3 Å². The van der Waals surface area contributed by atoms with Crippen molar-refractivity contribution in [3.05, 3.63) is 71.8 Å². The topological polar surface area (TPSA) is 100 Å². The third kappa shape index (κ3) is 6.82. The van der Waals surface area contributed by atoms with Crippen molar-refractivity contribution < 1.29 is 19.1 Å². The highest BCUT2D eigenvalue weighted by molar-refractivity contribution is 5.88. The Morgan fingerprint density at radius 2 is 1.59 bits per heavy atom. The van der Waals surface area contributed by atoms with Crippen LogP contribution in [0.3, 0.4) is 0 Å². The van der Waals surface area contributed by atoms with Gasteiger partial charge in [-0.25, -0.2) is 4.79 Å². The molecule has 0 bridgehead atoms. The van der Waals surface area contributed by atoms with Crippen LogP contribution in [-0.2, 0) is 27.4 Å². The van der Waals surface area contributed by atoms with Gasteiger partial charge in [-0.1, -0.05) is 67.1 Å². The first-order valence-electron chi connectivity index (χ1n) is 10.9. The predicted octanol–water partition coefficient (Wildman–Crippen LogP) is 3.84. The molecule has 0 aliphatic heterocycles. The molecule has 0 radical (unpaired) electrons. The van der Waals surface area contributed by atoms with Crippen molar-refractivity contribution in [2.45, 2.75) is 56.9 Å². The molecule has 1 saturated carbocycles. The van der Waals surface area contributed by atoms with E-state index < -0.39 is 23.6 Å². The second kappa shape index (κ2) is 11.9. The van der Waals surface area contributed by atoms with Crippen LogP contribution >= 0.6 is 0 Å². The number of nitrogens with zero attached hydrogens (tertiary/aromatic N) is 1. The maximum absolute atomic E-state index is 13.1. The van der Waals surface area contributed by atoms with Crippen molar-refractivity contribution >= 4 is 12.0 Å². The Morgan fingerprint density at radius 3 is 2.22 bits per heavy atom. The Labute approximate surface area is 188 Å². The molecule has 7 heteroatoms. The number of carbonyl (C=O) groups is 2. The summed E-state index contributed by atoms with van der Waals surface area (Å²) in [5.74, 6) is -0.443. The van der Waals surface area contributed by atoms with Crippen LogP contribution < -0.4 is 10.6 Å². The summed E-state index contributed by atoms with van der Waals surface area (Å²) in [4.78, 5) is 25.6. The summed E-state index contributed by atoms with van der Waals surface area (Å²) < 4.78 is 11.3. The lowest BCUT2D eigenvalue weighted by molar-refractivity contribution is -0.144. The smallest absolute Gasteiger partial charge is 0.408 e. The van der Waals surface area contributed by atoms with E-state index in [1.165, 1.54) is 0 Å². The zero-order chi connectivity index (χ0) is 22.7. The molecule has 0 heterocycles. The normalized spacial score (nSPS) is 15.7. The molecule has 7 nitrogen and oxygen atoms in total. The molecule has 0 saturated heterocycles. The third-order valence-electron chi connectivity index (χ3n) is 5.50. The Kier molecular flexibility index (Phi) is 8.64. The van der Waals surface area contributed by atoms with Crippen LogP contribution in [-0.4, -0.2) is 30.3 Å². The highest BCUT2D eigenvalue weighted by Crippen LogP contribution is 2.32. The first kappa shape index (κ1) is 23.3. The average Bonchev–Trinajstić information content (AvgIpc) is 2.84. The molecule has 32 heavy (non-hydrogen) atoms. The van der Waals surface area contributed by atoms with Gasteiger partial charge in [-0.05, 0) is 36.8 Å². The number of rotatable bonds is 9. The van der Waals surface area contributed by atoms with Crippen LogP contribution in [0.1, 0.15) is 43.2 Å². The van der Waals surface area contributed by atoms with Gasteiger partial charge in [-0.2, -0.15) is 5.26 Å². The number of ether oxygens (including phenoxy) is 2. The maximum atomic E-state index is 13.1. The van der Waals surface area contributed by atoms with E-state index in [4.69, 9.17) is 9.47 Å². The largest absolute Gasteiger partial charge is 0.433 e. The molecular weight excluding hydrogens is 406 g/mol. The van der Waals surface area contributed by atoms with Crippen LogP contribution in [0, 0.1) is 11.3 Å². The molecular formula is C25H29N3O4. The van der Waals surface area contributed by atoms with Gasteiger partial charge < -0.3 is 20.1 Å². The fraction of sp³-hybridized carbons (Fsp3) is 0.400. The van der Waals surface area contributed by atoms with Crippen molar-refractivity contribution in [2.75, 3.05) is 6.61 Å². The Bertz CT molecular complexity index is 906. The minimum absolute atomic E-state index is 0.0490. The summed E-state index contributed by atoms with van der Waals surface area (Å²) in [6, 6.07) is 20.3. The molecule has 2 aromatic rings. The first-order chi connectivity index (χ1) is 15.6. The first-order valence-corrected chi connectivity index (χ1v) is 10.9. The summed E-state index contributed by atoms with van der Waals surface area (Å²) in [5.41, 5.74) is 0.650. The molecule has 2 amide bonds. The van der Waals surface area contributed by atoms with E-state index in [-0.39, 0.29) is 6.61 Å². The minimum Gasteiger partial charge on any atom is -0.433 e. The number of carbonyl (C=O) groups excluding carboxylic acids is 2. The summed E-state index contributed by atoms with van der Waals surface area (Å²) in [5, 5.41) is 14.9. The van der Waals surface area contributed by atoms with Gasteiger partial charge in [0, 0.05) is 6.54 Å². The second-order valence-electron chi connectivity index (χ2n) is 7.94. The van der Waals surface area contributed by atoms with Gasteiger partial charge >= 0.3 is 6.09 Å². The molecule has 1 aliphatic carbocycles. The van der Waals surface area contributed by atoms with E-state index in [2.05, 4.69) is 16.7 Å². The van der Waals surface area contributed by atoms with Crippen LogP contribution in [0.15, 0.2) is 60.7 Å². The van der Waals surface area contributed by atoms with E-state index in [0.29, 0.717) is 26.0 Å². The molecule has 0 aromatic heterocycles. The minimum atomic E-state index is -1.27. The van der Waals surface area contributed by atoms with Crippen LogP contribution in [0.25, 0.3) is 0 Å². The van der Waals surface area contributed by atoms with E-state index in [1.807, 2.05) is 60.7 Å². The van der Waals surface area contributed by atoms with Crippen molar-refractivity contribution in [2.24, 2.45) is 0 Å². The molecule has 2 aromatic carbocycles. The Morgan fingerprint density at radius 1 is 0.969 bits per heavy atom. The molecule has 2 N–H and O–H groups in total. The lowest BCUT2D eigenvalue weighted by Crippen LogP contribution is -2.55. The maximum Gasteiger partial charge on any atom is 0.408 e. The van der Waals surface area contributed by atoms with E-state index in [1.54, 1.807) is 0 Å². The number of nitriles is 1. The average molecular weight is 436 g/mol. The van der Waals surface area contributed by atoms with Crippen molar-refractivity contribution in [3.8, 4) is 6.07 Å². The van der Waals surface area contributed by atoms with E-state index in [0.717, 1.165) is 30.4 Å². The Hall–Kier alpha value is -3.37. The van der Waals surface area contributed by atoms with Crippen molar-refractivity contribution in [3.63, 3.8) is 0 Å². The van der Waals surface area contributed by atoms with Crippen molar-refractivity contribution in [1.29, 1.82) is 5.26 Å². The predicted molar refractivity (Wildman–Crippen MR) is 119 cm³/mol. The second-order valence-corrected chi connectivity index (χ2v) is 7.94. The lowest BCUT2D eigenvalue weighted by atomic mass is 9.83. The fourth-order valence-electron chi connectivity index (χ4n) is 3.75. The SMILES string of the molecule is N#CC(COCc1ccccc1)NC(=O)C1(OC(=O)NCc2ccccc2)CCCCC1. The summed E-state index contributed by atoms with van der Waals surface area (Å²) in [6.45, 7) is 0.706. The highest BCUT2D eigenvalue weighted by atomic mass is 16.6. The van der Waals surface area contributed by atoms with Gasteiger partial charge in [0.15, 0.2) is 5.60 Å². The summed E-state index contributed by atoms with van der Waals surface area (Å²) in [6.07, 6.45) is 2.76. The monoisotopic (exact) mass is 435 g/mol. The van der Waals surface area contributed by atoms with Gasteiger partial charge in [0.25, 0.3) is 5.91 Å². The number of hydrogen-bond acceptors (Lipinski definition) is 5. The third-order valence-corrected chi connectivity index (χ3v) is 5.50. The molecule has 1 unspecified atom stereocenters. The lowest BCUT2D eigenvalue weighted by Gasteiger charge is -2.35. The zero-order valence-corrected chi connectivity index (χ0v) is 18.1. The molecule has 1 aliphatic rings. The van der Waals surface area contributed by atoms with Crippen LogP contribution in [0.5, 0.6) is 0 Å².